The van der Waals surface area contributed by atoms with Gasteiger partial charge in [0, 0.05) is 18.7 Å². The molecule has 1 aromatic carbocycles. The molecule has 100 valence electrons. The Morgan fingerprint density at radius 1 is 1.44 bits per heavy atom. The number of nitrogens with zero attached hydrogens (tertiary/aromatic N) is 1. The van der Waals surface area contributed by atoms with E-state index < -0.39 is 11.0 Å². The molecule has 0 amide bonds. The second-order valence-corrected chi connectivity index (χ2v) is 4.90. The molecule has 0 saturated carbocycles. The van der Waals surface area contributed by atoms with Crippen LogP contribution in [-0.4, -0.2) is 35.1 Å². The number of benzene rings is 1. The topological polar surface area (TPSA) is 75.4 Å². The summed E-state index contributed by atoms with van der Waals surface area (Å²) < 4.78 is 0. The van der Waals surface area contributed by atoms with Crippen molar-refractivity contribution < 1.29 is 10.0 Å². The quantitative estimate of drug-likeness (QED) is 0.429. The molecule has 0 bridgehead atoms. The van der Waals surface area contributed by atoms with Crippen LogP contribution < -0.4 is 5.32 Å². The second-order valence-electron chi connectivity index (χ2n) is 3.91. The van der Waals surface area contributed by atoms with E-state index in [-0.39, 0.29) is 5.69 Å². The lowest BCUT2D eigenvalue weighted by molar-refractivity contribution is -0.384. The van der Waals surface area contributed by atoms with Gasteiger partial charge in [0.25, 0.3) is 5.69 Å². The summed E-state index contributed by atoms with van der Waals surface area (Å²) >= 11 is 1.79. The zero-order chi connectivity index (χ0) is 13.4. The standard InChI is InChI=1S/C12H18N2O3S/c1-18-8-2-7-13-9-12(15)10-3-5-11(6-4-10)14(16)17/h3-6,12-13,15H,2,7-9H2,1H3. The number of aliphatic hydroxyl groups excluding tert-OH is 1. The normalized spacial score (nSPS) is 12.3. The van der Waals surface area contributed by atoms with Gasteiger partial charge in [0.05, 0.1) is 11.0 Å². The van der Waals surface area contributed by atoms with Crippen LogP contribution in [0.2, 0.25) is 0 Å². The number of rotatable bonds is 8. The molecule has 0 spiro atoms. The lowest BCUT2D eigenvalue weighted by atomic mass is 10.1. The Morgan fingerprint density at radius 2 is 2.11 bits per heavy atom. The van der Waals surface area contributed by atoms with Crippen LogP contribution in [0, 0.1) is 10.1 Å². The second kappa shape index (κ2) is 8.07. The third-order valence-corrected chi connectivity index (χ3v) is 3.23. The summed E-state index contributed by atoms with van der Waals surface area (Å²) in [6, 6.07) is 6.00. The maximum absolute atomic E-state index is 10.5. The first-order valence-corrected chi connectivity index (χ1v) is 7.16. The van der Waals surface area contributed by atoms with E-state index in [2.05, 4.69) is 11.6 Å². The molecule has 0 radical (unpaired) electrons. The Bertz CT molecular complexity index is 370. The Balaban J connectivity index is 2.37. The van der Waals surface area contributed by atoms with Gasteiger partial charge in [0.15, 0.2) is 0 Å². The van der Waals surface area contributed by atoms with Crippen molar-refractivity contribution in [1.29, 1.82) is 0 Å². The molecule has 0 aliphatic rings. The molecule has 1 unspecified atom stereocenters. The van der Waals surface area contributed by atoms with Gasteiger partial charge in [-0.3, -0.25) is 10.1 Å². The van der Waals surface area contributed by atoms with E-state index >= 15 is 0 Å². The van der Waals surface area contributed by atoms with Crippen LogP contribution in [0.1, 0.15) is 18.1 Å². The van der Waals surface area contributed by atoms with Crippen molar-refractivity contribution in [3.63, 3.8) is 0 Å². The average Bonchev–Trinajstić information content (AvgIpc) is 2.38. The van der Waals surface area contributed by atoms with Gasteiger partial charge in [-0.05, 0) is 42.7 Å². The van der Waals surface area contributed by atoms with Crippen LogP contribution in [0.5, 0.6) is 0 Å². The highest BCUT2D eigenvalue weighted by Gasteiger charge is 2.09. The number of nitrogens with one attached hydrogen (secondary N) is 1. The predicted molar refractivity (Wildman–Crippen MR) is 73.9 cm³/mol. The molecule has 0 fully saturated rings. The number of hydrogen-bond donors (Lipinski definition) is 2. The zero-order valence-electron chi connectivity index (χ0n) is 10.3. The largest absolute Gasteiger partial charge is 0.387 e. The molecule has 0 aliphatic carbocycles. The lowest BCUT2D eigenvalue weighted by Gasteiger charge is -2.11. The van der Waals surface area contributed by atoms with Crippen LogP contribution >= 0.6 is 11.8 Å². The van der Waals surface area contributed by atoms with Crippen LogP contribution in [0.15, 0.2) is 24.3 Å². The molecule has 2 N–H and O–H groups in total. The summed E-state index contributed by atoms with van der Waals surface area (Å²) in [4.78, 5) is 10.0. The van der Waals surface area contributed by atoms with Crippen molar-refractivity contribution >= 4 is 17.4 Å². The number of hydrogen-bond acceptors (Lipinski definition) is 5. The molecule has 5 nitrogen and oxygen atoms in total. The molecular formula is C12H18N2O3S. The van der Waals surface area contributed by atoms with Crippen molar-refractivity contribution in [2.75, 3.05) is 25.1 Å². The smallest absolute Gasteiger partial charge is 0.269 e. The fraction of sp³-hybridized carbons (Fsp3) is 0.500. The first kappa shape index (κ1) is 14.9. The monoisotopic (exact) mass is 270 g/mol. The highest BCUT2D eigenvalue weighted by molar-refractivity contribution is 7.98. The van der Waals surface area contributed by atoms with Gasteiger partial charge >= 0.3 is 0 Å². The summed E-state index contributed by atoms with van der Waals surface area (Å²) in [7, 11) is 0. The van der Waals surface area contributed by atoms with E-state index in [1.54, 1.807) is 23.9 Å². The molecule has 1 atom stereocenters. The summed E-state index contributed by atoms with van der Waals surface area (Å²) in [5.74, 6) is 1.10. The van der Waals surface area contributed by atoms with Crippen molar-refractivity contribution in [2.45, 2.75) is 12.5 Å². The fourth-order valence-corrected chi connectivity index (χ4v) is 1.95. The van der Waals surface area contributed by atoms with Crippen molar-refractivity contribution in [3.05, 3.63) is 39.9 Å². The Kier molecular flexibility index (Phi) is 6.70. The summed E-state index contributed by atoms with van der Waals surface area (Å²) in [5.41, 5.74) is 0.733. The van der Waals surface area contributed by atoms with Crippen molar-refractivity contribution in [3.8, 4) is 0 Å². The molecule has 1 aromatic rings. The van der Waals surface area contributed by atoms with E-state index in [4.69, 9.17) is 0 Å². The van der Waals surface area contributed by atoms with Crippen molar-refractivity contribution in [2.24, 2.45) is 0 Å². The predicted octanol–water partition coefficient (Wildman–Crippen LogP) is 1.97. The number of non-ortho nitro benzene ring substituents is 1. The van der Waals surface area contributed by atoms with Gasteiger partial charge in [0.1, 0.15) is 0 Å². The van der Waals surface area contributed by atoms with Gasteiger partial charge in [-0.2, -0.15) is 11.8 Å². The van der Waals surface area contributed by atoms with Crippen molar-refractivity contribution in [1.82, 2.24) is 5.32 Å². The fourth-order valence-electron chi connectivity index (χ4n) is 1.52. The maximum Gasteiger partial charge on any atom is 0.269 e. The maximum atomic E-state index is 10.5. The Hall–Kier alpha value is -1.11. The molecule has 0 aliphatic heterocycles. The lowest BCUT2D eigenvalue weighted by Crippen LogP contribution is -2.22. The molecular weight excluding hydrogens is 252 g/mol. The number of thioether (sulfide) groups is 1. The minimum atomic E-state index is -0.625. The van der Waals surface area contributed by atoms with E-state index in [0.717, 1.165) is 18.7 Å². The third-order valence-electron chi connectivity index (χ3n) is 2.53. The number of aliphatic hydroxyl groups is 1. The van der Waals surface area contributed by atoms with Crippen LogP contribution in [0.4, 0.5) is 5.69 Å². The van der Waals surface area contributed by atoms with Crippen LogP contribution in [0.25, 0.3) is 0 Å². The van der Waals surface area contributed by atoms with Gasteiger partial charge in [-0.25, -0.2) is 0 Å². The summed E-state index contributed by atoms with van der Waals surface area (Å²) in [6.07, 6.45) is 2.50. The Labute approximate surface area is 111 Å². The third kappa shape index (κ3) is 5.03. The minimum Gasteiger partial charge on any atom is -0.387 e. The average molecular weight is 270 g/mol. The number of nitro benzene ring substituents is 1. The van der Waals surface area contributed by atoms with Gasteiger partial charge < -0.3 is 10.4 Å². The summed E-state index contributed by atoms with van der Waals surface area (Å²) in [5, 5.41) is 23.5. The van der Waals surface area contributed by atoms with E-state index in [1.807, 2.05) is 0 Å². The van der Waals surface area contributed by atoms with E-state index in [0.29, 0.717) is 12.1 Å². The van der Waals surface area contributed by atoms with Gasteiger partial charge in [-0.15, -0.1) is 0 Å². The molecule has 6 heteroatoms. The molecule has 18 heavy (non-hydrogen) atoms. The molecule has 1 rings (SSSR count). The van der Waals surface area contributed by atoms with Crippen LogP contribution in [-0.2, 0) is 0 Å². The first-order valence-electron chi connectivity index (χ1n) is 5.77. The molecule has 0 heterocycles. The Morgan fingerprint density at radius 3 is 2.67 bits per heavy atom. The van der Waals surface area contributed by atoms with Gasteiger partial charge in [-0.1, -0.05) is 0 Å². The van der Waals surface area contributed by atoms with E-state index in [9.17, 15) is 15.2 Å². The van der Waals surface area contributed by atoms with E-state index in [1.165, 1.54) is 12.1 Å². The first-order chi connectivity index (χ1) is 8.65. The minimum absolute atomic E-state index is 0.0406. The van der Waals surface area contributed by atoms with Gasteiger partial charge in [0.2, 0.25) is 0 Å². The zero-order valence-corrected chi connectivity index (χ0v) is 11.2. The molecule has 0 aromatic heterocycles. The highest BCUT2D eigenvalue weighted by Crippen LogP contribution is 2.17. The van der Waals surface area contributed by atoms with Crippen LogP contribution in [0.3, 0.4) is 0 Å². The highest BCUT2D eigenvalue weighted by atomic mass is 32.2. The molecule has 0 saturated heterocycles. The summed E-state index contributed by atoms with van der Waals surface area (Å²) in [6.45, 7) is 1.33. The number of nitro groups is 1. The SMILES string of the molecule is CSCCCNCC(O)c1ccc([N+](=O)[O-])cc1.